The fourth-order valence-corrected chi connectivity index (χ4v) is 2.43. The summed E-state index contributed by atoms with van der Waals surface area (Å²) < 4.78 is 15.2. The average Bonchev–Trinajstić information content (AvgIpc) is 2.79. The van der Waals surface area contributed by atoms with Crippen LogP contribution in [0.1, 0.15) is 39.5 Å². The van der Waals surface area contributed by atoms with E-state index in [1.165, 1.54) is 7.11 Å². The van der Waals surface area contributed by atoms with Crippen LogP contribution in [0.4, 0.5) is 0 Å². The third kappa shape index (κ3) is 4.23. The van der Waals surface area contributed by atoms with E-state index >= 15 is 0 Å². The Hall–Kier alpha value is -0.650. The van der Waals surface area contributed by atoms with Crippen LogP contribution >= 0.6 is 0 Å². The molecule has 0 radical (unpaired) electrons. The van der Waals surface area contributed by atoms with Gasteiger partial charge in [-0.25, -0.2) is 0 Å². The molecule has 0 bridgehead atoms. The molecule has 5 nitrogen and oxygen atoms in total. The number of carbonyl (C=O) groups is 1. The van der Waals surface area contributed by atoms with Crippen LogP contribution in [-0.4, -0.2) is 43.3 Å². The number of esters is 1. The Bertz CT molecular complexity index is 256. The first-order valence-electron chi connectivity index (χ1n) is 6.60. The molecule has 0 saturated carbocycles. The highest BCUT2D eigenvalue weighted by molar-refractivity contribution is 5.69. The molecular weight excluding hydrogens is 236 g/mol. The van der Waals surface area contributed by atoms with Crippen molar-refractivity contribution in [1.82, 2.24) is 0 Å². The highest BCUT2D eigenvalue weighted by Gasteiger charge is 2.38. The van der Waals surface area contributed by atoms with Crippen molar-refractivity contribution in [3.05, 3.63) is 0 Å². The maximum absolute atomic E-state index is 11.4. The van der Waals surface area contributed by atoms with Crippen LogP contribution in [0.25, 0.3) is 0 Å². The number of hydrogen-bond acceptors (Lipinski definition) is 5. The largest absolute Gasteiger partial charge is 0.438 e. The summed E-state index contributed by atoms with van der Waals surface area (Å²) in [5.74, 6) is -0.408. The van der Waals surface area contributed by atoms with Crippen LogP contribution in [0.2, 0.25) is 0 Å². The molecule has 1 fully saturated rings. The van der Waals surface area contributed by atoms with Gasteiger partial charge in [-0.3, -0.25) is 4.79 Å². The van der Waals surface area contributed by atoms with Gasteiger partial charge in [0.1, 0.15) is 0 Å². The molecule has 1 heterocycles. The van der Waals surface area contributed by atoms with Crippen molar-refractivity contribution < 1.29 is 24.1 Å². The summed E-state index contributed by atoms with van der Waals surface area (Å²) in [7, 11) is 1.45. The van der Waals surface area contributed by atoms with Gasteiger partial charge in [-0.15, -0.1) is 0 Å². The Labute approximate surface area is 108 Å². The standard InChI is InChI=1S/C13H24O5/c1-4-9-6-10(12(5-2)18-9)11(14)7-13(15)17-8-16-3/h9-12,14H,4-8H2,1-3H3. The maximum Gasteiger partial charge on any atom is 0.310 e. The quantitative estimate of drug-likeness (QED) is 0.555. The zero-order valence-corrected chi connectivity index (χ0v) is 11.4. The Balaban J connectivity index is 2.44. The van der Waals surface area contributed by atoms with Crippen LogP contribution in [0.3, 0.4) is 0 Å². The van der Waals surface area contributed by atoms with Crippen molar-refractivity contribution in [2.75, 3.05) is 13.9 Å². The van der Waals surface area contributed by atoms with Crippen molar-refractivity contribution in [2.24, 2.45) is 5.92 Å². The highest BCUT2D eigenvalue weighted by atomic mass is 16.7. The van der Waals surface area contributed by atoms with Gasteiger partial charge in [-0.1, -0.05) is 13.8 Å². The number of methoxy groups -OCH3 is 1. The molecular formula is C13H24O5. The zero-order valence-electron chi connectivity index (χ0n) is 11.4. The number of aliphatic hydroxyl groups excluding tert-OH is 1. The summed E-state index contributed by atoms with van der Waals surface area (Å²) in [5, 5.41) is 10.1. The second kappa shape index (κ2) is 7.71. The molecule has 1 rings (SSSR count). The van der Waals surface area contributed by atoms with E-state index in [2.05, 4.69) is 11.7 Å². The summed E-state index contributed by atoms with van der Waals surface area (Å²) in [6.45, 7) is 4.03. The van der Waals surface area contributed by atoms with Gasteiger partial charge in [0.15, 0.2) is 6.79 Å². The number of rotatable bonds is 7. The molecule has 0 spiro atoms. The van der Waals surface area contributed by atoms with Gasteiger partial charge >= 0.3 is 5.97 Å². The van der Waals surface area contributed by atoms with Crippen LogP contribution in [0.5, 0.6) is 0 Å². The molecule has 1 N–H and O–H groups in total. The minimum Gasteiger partial charge on any atom is -0.438 e. The molecule has 106 valence electrons. The first-order valence-corrected chi connectivity index (χ1v) is 6.60. The number of ether oxygens (including phenoxy) is 3. The van der Waals surface area contributed by atoms with Crippen molar-refractivity contribution in [3.63, 3.8) is 0 Å². The molecule has 1 saturated heterocycles. The van der Waals surface area contributed by atoms with Crippen LogP contribution in [0.15, 0.2) is 0 Å². The first-order chi connectivity index (χ1) is 8.62. The van der Waals surface area contributed by atoms with Gasteiger partial charge < -0.3 is 19.3 Å². The zero-order chi connectivity index (χ0) is 13.5. The summed E-state index contributed by atoms with van der Waals surface area (Å²) in [4.78, 5) is 11.4. The summed E-state index contributed by atoms with van der Waals surface area (Å²) >= 11 is 0. The van der Waals surface area contributed by atoms with Crippen LogP contribution in [-0.2, 0) is 19.0 Å². The van der Waals surface area contributed by atoms with Crippen molar-refractivity contribution in [1.29, 1.82) is 0 Å². The van der Waals surface area contributed by atoms with Gasteiger partial charge in [0, 0.05) is 13.0 Å². The SMILES string of the molecule is CCC1CC(C(O)CC(=O)OCOC)C(CC)O1. The molecule has 0 aromatic heterocycles. The Morgan fingerprint density at radius 2 is 2.17 bits per heavy atom. The number of aliphatic hydroxyl groups is 1. The Kier molecular flexibility index (Phi) is 6.60. The van der Waals surface area contributed by atoms with E-state index in [0.29, 0.717) is 0 Å². The minimum atomic E-state index is -0.698. The lowest BCUT2D eigenvalue weighted by molar-refractivity contribution is -0.157. The molecule has 4 atom stereocenters. The second-order valence-corrected chi connectivity index (χ2v) is 4.71. The smallest absolute Gasteiger partial charge is 0.310 e. The van der Waals surface area contributed by atoms with Crippen LogP contribution < -0.4 is 0 Å². The van der Waals surface area contributed by atoms with Gasteiger partial charge in [0.2, 0.25) is 0 Å². The van der Waals surface area contributed by atoms with Crippen molar-refractivity contribution in [2.45, 2.75) is 57.8 Å². The molecule has 0 aromatic rings. The predicted molar refractivity (Wildman–Crippen MR) is 65.9 cm³/mol. The van der Waals surface area contributed by atoms with E-state index in [4.69, 9.17) is 9.47 Å². The van der Waals surface area contributed by atoms with E-state index < -0.39 is 12.1 Å². The number of carbonyl (C=O) groups excluding carboxylic acids is 1. The monoisotopic (exact) mass is 260 g/mol. The van der Waals surface area contributed by atoms with E-state index in [0.717, 1.165) is 19.3 Å². The van der Waals surface area contributed by atoms with Gasteiger partial charge in [-0.2, -0.15) is 0 Å². The minimum absolute atomic E-state index is 0.00429. The lowest BCUT2D eigenvalue weighted by atomic mass is 9.89. The second-order valence-electron chi connectivity index (χ2n) is 4.71. The summed E-state index contributed by atoms with van der Waals surface area (Å²) in [6.07, 6.45) is 2.15. The Morgan fingerprint density at radius 1 is 1.44 bits per heavy atom. The maximum atomic E-state index is 11.4. The van der Waals surface area contributed by atoms with Crippen molar-refractivity contribution >= 4 is 5.97 Å². The average molecular weight is 260 g/mol. The fourth-order valence-electron chi connectivity index (χ4n) is 2.43. The molecule has 0 amide bonds. The van der Waals surface area contributed by atoms with Gasteiger partial charge in [-0.05, 0) is 19.3 Å². The third-order valence-corrected chi connectivity index (χ3v) is 3.45. The van der Waals surface area contributed by atoms with Gasteiger partial charge in [0.05, 0.1) is 24.7 Å². The molecule has 5 heteroatoms. The molecule has 18 heavy (non-hydrogen) atoms. The topological polar surface area (TPSA) is 65.0 Å². The number of hydrogen-bond donors (Lipinski definition) is 1. The third-order valence-electron chi connectivity index (χ3n) is 3.45. The summed E-state index contributed by atoms with van der Waals surface area (Å²) in [5.41, 5.74) is 0. The normalized spacial score (nSPS) is 29.2. The first kappa shape index (κ1) is 15.4. The fraction of sp³-hybridized carbons (Fsp3) is 0.923. The highest BCUT2D eigenvalue weighted by Crippen LogP contribution is 2.33. The molecule has 4 unspecified atom stereocenters. The lowest BCUT2D eigenvalue weighted by Gasteiger charge is -2.21. The molecule has 1 aliphatic rings. The van der Waals surface area contributed by atoms with E-state index in [1.807, 2.05) is 6.92 Å². The van der Waals surface area contributed by atoms with E-state index in [9.17, 15) is 9.90 Å². The van der Waals surface area contributed by atoms with E-state index in [1.54, 1.807) is 0 Å². The Morgan fingerprint density at radius 3 is 2.72 bits per heavy atom. The lowest BCUT2D eigenvalue weighted by Crippen LogP contribution is -2.30. The van der Waals surface area contributed by atoms with Crippen LogP contribution in [0, 0.1) is 5.92 Å². The molecule has 1 aliphatic heterocycles. The van der Waals surface area contributed by atoms with E-state index in [-0.39, 0.29) is 31.3 Å². The molecule has 0 aliphatic carbocycles. The predicted octanol–water partition coefficient (Wildman–Crippen LogP) is 1.48. The summed E-state index contributed by atoms with van der Waals surface area (Å²) in [6, 6.07) is 0. The van der Waals surface area contributed by atoms with Gasteiger partial charge in [0.25, 0.3) is 0 Å². The molecule has 0 aromatic carbocycles. The van der Waals surface area contributed by atoms with Crippen molar-refractivity contribution in [3.8, 4) is 0 Å².